The number of para-hydroxylation sites is 1. The number of primary amides is 1. The SMILES string of the molecule is Cc1nc([C@H]2CCCN2C(=O)COc2ccccc2)ncc1C(N)=O. The number of aryl methyl sites for hydroxylation is 1. The number of hydrogen-bond acceptors (Lipinski definition) is 5. The molecule has 1 aliphatic heterocycles. The van der Waals surface area contributed by atoms with Gasteiger partial charge < -0.3 is 15.4 Å². The Morgan fingerprint density at radius 1 is 1.32 bits per heavy atom. The molecule has 0 spiro atoms. The van der Waals surface area contributed by atoms with Gasteiger partial charge in [0.05, 0.1) is 17.3 Å². The molecule has 1 aliphatic rings. The number of likely N-dealkylation sites (tertiary alicyclic amines) is 1. The third kappa shape index (κ3) is 3.76. The van der Waals surface area contributed by atoms with Gasteiger partial charge in [-0.2, -0.15) is 0 Å². The van der Waals surface area contributed by atoms with E-state index in [1.54, 1.807) is 11.8 Å². The maximum absolute atomic E-state index is 12.5. The average Bonchev–Trinajstić information content (AvgIpc) is 3.10. The number of nitrogens with two attached hydrogens (primary N) is 1. The Bertz CT molecular complexity index is 779. The highest BCUT2D eigenvalue weighted by Gasteiger charge is 2.32. The highest BCUT2D eigenvalue weighted by molar-refractivity contribution is 5.93. The molecule has 0 bridgehead atoms. The van der Waals surface area contributed by atoms with Gasteiger partial charge in [-0.05, 0) is 31.9 Å². The van der Waals surface area contributed by atoms with Crippen LogP contribution in [0, 0.1) is 6.92 Å². The maximum Gasteiger partial charge on any atom is 0.261 e. The van der Waals surface area contributed by atoms with Crippen LogP contribution in [0.1, 0.15) is 40.8 Å². The summed E-state index contributed by atoms with van der Waals surface area (Å²) in [6.07, 6.45) is 3.09. The van der Waals surface area contributed by atoms with Gasteiger partial charge in [-0.15, -0.1) is 0 Å². The largest absolute Gasteiger partial charge is 0.484 e. The monoisotopic (exact) mass is 340 g/mol. The van der Waals surface area contributed by atoms with E-state index in [-0.39, 0.29) is 18.6 Å². The highest BCUT2D eigenvalue weighted by atomic mass is 16.5. The number of aromatic nitrogens is 2. The first-order chi connectivity index (χ1) is 12.1. The minimum absolute atomic E-state index is 0.0289. The van der Waals surface area contributed by atoms with Crippen LogP contribution in [0.4, 0.5) is 0 Å². The normalized spacial score (nSPS) is 16.7. The molecule has 1 saturated heterocycles. The Hall–Kier alpha value is -2.96. The van der Waals surface area contributed by atoms with E-state index in [1.807, 2.05) is 30.3 Å². The Balaban J connectivity index is 1.70. The van der Waals surface area contributed by atoms with Crippen molar-refractivity contribution >= 4 is 11.8 Å². The van der Waals surface area contributed by atoms with Crippen molar-refractivity contribution in [1.29, 1.82) is 0 Å². The minimum Gasteiger partial charge on any atom is -0.484 e. The van der Waals surface area contributed by atoms with Crippen molar-refractivity contribution < 1.29 is 14.3 Å². The summed E-state index contributed by atoms with van der Waals surface area (Å²) in [6, 6.07) is 9.02. The predicted octanol–water partition coefficient (Wildman–Crippen LogP) is 1.63. The van der Waals surface area contributed by atoms with E-state index in [1.165, 1.54) is 6.20 Å². The lowest BCUT2D eigenvalue weighted by Crippen LogP contribution is -2.35. The lowest BCUT2D eigenvalue weighted by atomic mass is 10.1. The van der Waals surface area contributed by atoms with Crippen molar-refractivity contribution in [2.24, 2.45) is 5.73 Å². The maximum atomic E-state index is 12.5. The van der Waals surface area contributed by atoms with Crippen LogP contribution in [0.3, 0.4) is 0 Å². The fourth-order valence-electron chi connectivity index (χ4n) is 2.97. The van der Waals surface area contributed by atoms with Crippen LogP contribution in [0.2, 0.25) is 0 Å². The molecule has 2 heterocycles. The van der Waals surface area contributed by atoms with E-state index >= 15 is 0 Å². The van der Waals surface area contributed by atoms with Crippen LogP contribution >= 0.6 is 0 Å². The van der Waals surface area contributed by atoms with Crippen molar-refractivity contribution in [3.63, 3.8) is 0 Å². The molecule has 2 aromatic rings. The van der Waals surface area contributed by atoms with Gasteiger partial charge in [-0.25, -0.2) is 9.97 Å². The van der Waals surface area contributed by atoms with Crippen molar-refractivity contribution in [2.45, 2.75) is 25.8 Å². The number of amides is 2. The fourth-order valence-corrected chi connectivity index (χ4v) is 2.97. The molecule has 0 aliphatic carbocycles. The van der Waals surface area contributed by atoms with Gasteiger partial charge in [-0.1, -0.05) is 18.2 Å². The Morgan fingerprint density at radius 3 is 2.76 bits per heavy atom. The second-order valence-corrected chi connectivity index (χ2v) is 5.94. The summed E-state index contributed by atoms with van der Waals surface area (Å²) in [4.78, 5) is 34.2. The summed E-state index contributed by atoms with van der Waals surface area (Å²) in [5.41, 5.74) is 6.11. The van der Waals surface area contributed by atoms with Crippen LogP contribution in [-0.2, 0) is 4.79 Å². The zero-order chi connectivity index (χ0) is 17.8. The van der Waals surface area contributed by atoms with E-state index in [4.69, 9.17) is 10.5 Å². The van der Waals surface area contributed by atoms with E-state index < -0.39 is 5.91 Å². The van der Waals surface area contributed by atoms with E-state index in [9.17, 15) is 9.59 Å². The van der Waals surface area contributed by atoms with E-state index in [2.05, 4.69) is 9.97 Å². The molecule has 25 heavy (non-hydrogen) atoms. The quantitative estimate of drug-likeness (QED) is 0.892. The number of carbonyl (C=O) groups is 2. The Kier molecular flexibility index (Phi) is 4.92. The van der Waals surface area contributed by atoms with Gasteiger partial charge >= 0.3 is 0 Å². The lowest BCUT2D eigenvalue weighted by Gasteiger charge is -2.24. The minimum atomic E-state index is -0.556. The van der Waals surface area contributed by atoms with Crippen LogP contribution in [-0.4, -0.2) is 39.8 Å². The predicted molar refractivity (Wildman–Crippen MR) is 90.9 cm³/mol. The van der Waals surface area contributed by atoms with Gasteiger partial charge in [0.25, 0.3) is 11.8 Å². The zero-order valence-corrected chi connectivity index (χ0v) is 14.0. The second kappa shape index (κ2) is 7.29. The van der Waals surface area contributed by atoms with Gasteiger partial charge in [0, 0.05) is 12.7 Å². The molecular weight excluding hydrogens is 320 g/mol. The second-order valence-electron chi connectivity index (χ2n) is 5.94. The summed E-state index contributed by atoms with van der Waals surface area (Å²) >= 11 is 0. The van der Waals surface area contributed by atoms with Crippen molar-refractivity contribution in [3.05, 3.63) is 53.6 Å². The third-order valence-corrected chi connectivity index (χ3v) is 4.24. The molecule has 130 valence electrons. The molecule has 0 saturated carbocycles. The Morgan fingerprint density at radius 2 is 2.08 bits per heavy atom. The molecule has 2 amide bonds. The number of hydrogen-bond donors (Lipinski definition) is 1. The van der Waals surface area contributed by atoms with Gasteiger partial charge in [0.1, 0.15) is 5.75 Å². The molecule has 0 unspecified atom stereocenters. The third-order valence-electron chi connectivity index (χ3n) is 4.24. The molecule has 0 radical (unpaired) electrons. The summed E-state index contributed by atoms with van der Waals surface area (Å²) in [7, 11) is 0. The van der Waals surface area contributed by atoms with Gasteiger partial charge in [0.15, 0.2) is 12.4 Å². The first-order valence-electron chi connectivity index (χ1n) is 8.17. The summed E-state index contributed by atoms with van der Waals surface area (Å²) < 4.78 is 5.55. The zero-order valence-electron chi connectivity index (χ0n) is 14.0. The van der Waals surface area contributed by atoms with Crippen LogP contribution in [0.15, 0.2) is 36.5 Å². The molecule has 3 rings (SSSR count). The first-order valence-corrected chi connectivity index (χ1v) is 8.17. The van der Waals surface area contributed by atoms with Crippen LogP contribution in [0.5, 0.6) is 5.75 Å². The molecule has 1 fully saturated rings. The summed E-state index contributed by atoms with van der Waals surface area (Å²) in [5, 5.41) is 0. The number of benzene rings is 1. The van der Waals surface area contributed by atoms with Crippen LogP contribution < -0.4 is 10.5 Å². The lowest BCUT2D eigenvalue weighted by molar-refractivity contribution is -0.134. The number of rotatable bonds is 5. The molecule has 7 nitrogen and oxygen atoms in total. The topological polar surface area (TPSA) is 98.4 Å². The average molecular weight is 340 g/mol. The van der Waals surface area contributed by atoms with Crippen molar-refractivity contribution in [2.75, 3.05) is 13.2 Å². The van der Waals surface area contributed by atoms with Gasteiger partial charge in [0.2, 0.25) is 0 Å². The smallest absolute Gasteiger partial charge is 0.261 e. The molecular formula is C18H20N4O3. The summed E-state index contributed by atoms with van der Waals surface area (Å²) in [5.74, 6) is 0.531. The molecule has 2 N–H and O–H groups in total. The van der Waals surface area contributed by atoms with Gasteiger partial charge in [-0.3, -0.25) is 9.59 Å². The number of ether oxygens (including phenoxy) is 1. The molecule has 1 aromatic heterocycles. The number of nitrogens with zero attached hydrogens (tertiary/aromatic N) is 3. The first kappa shape index (κ1) is 16.9. The Labute approximate surface area is 145 Å². The van der Waals surface area contributed by atoms with Crippen LogP contribution in [0.25, 0.3) is 0 Å². The fraction of sp³-hybridized carbons (Fsp3) is 0.333. The van der Waals surface area contributed by atoms with Crippen molar-refractivity contribution in [1.82, 2.24) is 14.9 Å². The highest BCUT2D eigenvalue weighted by Crippen LogP contribution is 2.30. The van der Waals surface area contributed by atoms with E-state index in [0.29, 0.717) is 29.4 Å². The molecule has 1 aromatic carbocycles. The standard InChI is InChI=1S/C18H20N4O3/c1-12-14(17(19)24)10-20-18(21-12)15-8-5-9-22(15)16(23)11-25-13-6-3-2-4-7-13/h2-4,6-7,10,15H,5,8-9,11H2,1H3,(H2,19,24)/t15-/m1/s1. The number of carbonyl (C=O) groups excluding carboxylic acids is 2. The van der Waals surface area contributed by atoms with E-state index in [0.717, 1.165) is 12.8 Å². The van der Waals surface area contributed by atoms with Crippen molar-refractivity contribution in [3.8, 4) is 5.75 Å². The molecule has 7 heteroatoms. The molecule has 1 atom stereocenters. The summed E-state index contributed by atoms with van der Waals surface area (Å²) in [6.45, 7) is 2.32.